The molecule has 1 saturated heterocycles. The zero-order chi connectivity index (χ0) is 13.1. The van der Waals surface area contributed by atoms with E-state index in [1.165, 1.54) is 0 Å². The van der Waals surface area contributed by atoms with Crippen molar-refractivity contribution in [2.75, 3.05) is 20.6 Å². The lowest BCUT2D eigenvalue weighted by atomic mass is 9.96. The number of carboxylic acids is 1. The normalized spacial score (nSPS) is 27.5. The largest absolute Gasteiger partial charge is 0.481 e. The number of nitrogens with zero attached hydrogens (tertiary/aromatic N) is 1. The highest BCUT2D eigenvalue weighted by Crippen LogP contribution is 2.27. The number of piperidine rings is 1. The van der Waals surface area contributed by atoms with Gasteiger partial charge >= 0.3 is 11.9 Å². The van der Waals surface area contributed by atoms with E-state index in [1.807, 2.05) is 14.1 Å². The van der Waals surface area contributed by atoms with E-state index in [4.69, 9.17) is 9.84 Å². The van der Waals surface area contributed by atoms with Crippen molar-refractivity contribution in [3.63, 3.8) is 0 Å². The van der Waals surface area contributed by atoms with Crippen LogP contribution in [0.15, 0.2) is 0 Å². The molecule has 1 rings (SSSR count). The highest BCUT2D eigenvalue weighted by molar-refractivity contribution is 5.76. The summed E-state index contributed by atoms with van der Waals surface area (Å²) in [5, 5.41) is 8.50. The lowest BCUT2D eigenvalue weighted by Gasteiger charge is -2.42. The number of esters is 1. The average Bonchev–Trinajstić information content (AvgIpc) is 2.21. The monoisotopic (exact) mass is 244 g/mol. The van der Waals surface area contributed by atoms with Gasteiger partial charge in [-0.2, -0.15) is 0 Å². The summed E-state index contributed by atoms with van der Waals surface area (Å²) in [6, 6.07) is 0. The van der Waals surface area contributed by atoms with Gasteiger partial charge in [-0.3, -0.25) is 14.1 Å². The second-order valence-electron chi connectivity index (χ2n) is 5.47. The van der Waals surface area contributed by atoms with E-state index in [1.54, 1.807) is 0 Å². The van der Waals surface area contributed by atoms with Gasteiger partial charge in [0.1, 0.15) is 0 Å². The topological polar surface area (TPSA) is 63.6 Å². The lowest BCUT2D eigenvalue weighted by molar-refractivity contribution is -0.941. The fraction of sp³-hybridized carbons (Fsp3) is 0.833. The molecule has 0 radical (unpaired) electrons. The number of hydrogen-bond acceptors (Lipinski definition) is 3. The van der Waals surface area contributed by atoms with Crippen LogP contribution in [0.5, 0.6) is 0 Å². The van der Waals surface area contributed by atoms with Crippen LogP contribution in [0.1, 0.15) is 32.6 Å². The van der Waals surface area contributed by atoms with Gasteiger partial charge in [-0.15, -0.1) is 0 Å². The Labute approximate surface area is 102 Å². The van der Waals surface area contributed by atoms with Crippen molar-refractivity contribution in [1.82, 2.24) is 0 Å². The number of carbonyl (C=O) groups excluding carboxylic acids is 1. The maximum absolute atomic E-state index is 11.5. The van der Waals surface area contributed by atoms with E-state index in [9.17, 15) is 9.59 Å². The maximum Gasteiger partial charge on any atom is 0.310 e. The predicted molar refractivity (Wildman–Crippen MR) is 62.1 cm³/mol. The first-order valence-corrected chi connectivity index (χ1v) is 6.05. The quantitative estimate of drug-likeness (QED) is 0.596. The van der Waals surface area contributed by atoms with Gasteiger partial charge in [-0.1, -0.05) is 6.92 Å². The Bertz CT molecular complexity index is 301. The molecule has 5 nitrogen and oxygen atoms in total. The summed E-state index contributed by atoms with van der Waals surface area (Å²) in [4.78, 5) is 21.9. The second kappa shape index (κ2) is 5.49. The van der Waals surface area contributed by atoms with Crippen molar-refractivity contribution >= 4 is 11.9 Å². The SMILES string of the molecule is CC1CC[N+](C)(C)C(OC(=O)CCC(=O)O)C1. The van der Waals surface area contributed by atoms with Gasteiger partial charge in [-0.05, 0) is 12.3 Å². The number of carbonyl (C=O) groups is 2. The van der Waals surface area contributed by atoms with Crippen molar-refractivity contribution in [3.05, 3.63) is 0 Å². The highest BCUT2D eigenvalue weighted by Gasteiger charge is 2.37. The predicted octanol–water partition coefficient (Wildman–Crippen LogP) is 1.23. The number of ether oxygens (including phenoxy) is 1. The van der Waals surface area contributed by atoms with Gasteiger partial charge in [0.2, 0.25) is 6.23 Å². The molecule has 98 valence electrons. The molecule has 1 fully saturated rings. The minimum atomic E-state index is -0.965. The highest BCUT2D eigenvalue weighted by atomic mass is 16.6. The van der Waals surface area contributed by atoms with Gasteiger partial charge in [0.15, 0.2) is 0 Å². The first-order chi connectivity index (χ1) is 7.81. The standard InChI is InChI=1S/C12H21NO4/c1-9-6-7-13(2,3)10(8-9)17-12(16)5-4-11(14)15/h9-10H,4-8H2,1-3H3/p+1. The number of quaternary nitrogens is 1. The summed E-state index contributed by atoms with van der Waals surface area (Å²) >= 11 is 0. The van der Waals surface area contributed by atoms with Crippen molar-refractivity contribution in [1.29, 1.82) is 0 Å². The fourth-order valence-electron chi connectivity index (χ4n) is 2.05. The average molecular weight is 244 g/mol. The molecular weight excluding hydrogens is 222 g/mol. The van der Waals surface area contributed by atoms with Crippen LogP contribution in [0.3, 0.4) is 0 Å². The van der Waals surface area contributed by atoms with Crippen molar-refractivity contribution in [3.8, 4) is 0 Å². The van der Waals surface area contributed by atoms with Gasteiger partial charge < -0.3 is 9.84 Å². The van der Waals surface area contributed by atoms with Crippen molar-refractivity contribution in [2.24, 2.45) is 5.92 Å². The summed E-state index contributed by atoms with van der Waals surface area (Å²) < 4.78 is 6.07. The Morgan fingerprint density at radius 3 is 2.59 bits per heavy atom. The van der Waals surface area contributed by atoms with E-state index < -0.39 is 11.9 Å². The molecule has 0 aromatic heterocycles. The minimum absolute atomic E-state index is 0.0415. The molecule has 1 N–H and O–H groups in total. The zero-order valence-corrected chi connectivity index (χ0v) is 10.8. The van der Waals surface area contributed by atoms with Crippen LogP contribution in [0.2, 0.25) is 0 Å². The Morgan fingerprint density at radius 1 is 1.35 bits per heavy atom. The van der Waals surface area contributed by atoms with Crippen LogP contribution in [0.25, 0.3) is 0 Å². The molecule has 0 bridgehead atoms. The first-order valence-electron chi connectivity index (χ1n) is 6.05. The molecule has 0 amide bonds. The summed E-state index contributed by atoms with van der Waals surface area (Å²) in [7, 11) is 4.09. The molecule has 1 aliphatic rings. The van der Waals surface area contributed by atoms with E-state index in [0.717, 1.165) is 19.4 Å². The van der Waals surface area contributed by atoms with Gasteiger partial charge in [0.25, 0.3) is 0 Å². The fourth-order valence-corrected chi connectivity index (χ4v) is 2.05. The lowest BCUT2D eigenvalue weighted by Crippen LogP contribution is -2.55. The molecular formula is C12H22NO4+. The Balaban J connectivity index is 2.47. The maximum atomic E-state index is 11.5. The third-order valence-electron chi connectivity index (χ3n) is 3.39. The molecule has 0 saturated carbocycles. The summed E-state index contributed by atoms with van der Waals surface area (Å²) in [5.41, 5.74) is 0. The molecule has 0 aromatic carbocycles. The van der Waals surface area contributed by atoms with Crippen LogP contribution in [0, 0.1) is 5.92 Å². The van der Waals surface area contributed by atoms with Crippen molar-refractivity contribution in [2.45, 2.75) is 38.8 Å². The van der Waals surface area contributed by atoms with E-state index in [-0.39, 0.29) is 19.1 Å². The number of rotatable bonds is 4. The molecule has 17 heavy (non-hydrogen) atoms. The molecule has 0 aliphatic carbocycles. The summed E-state index contributed by atoms with van der Waals surface area (Å²) in [5.74, 6) is -0.816. The van der Waals surface area contributed by atoms with Crippen molar-refractivity contribution < 1.29 is 23.9 Å². The number of hydrogen-bond donors (Lipinski definition) is 1. The van der Waals surface area contributed by atoms with Crippen LogP contribution in [-0.4, -0.2) is 48.4 Å². The Morgan fingerprint density at radius 2 is 2.00 bits per heavy atom. The van der Waals surface area contributed by atoms with E-state index >= 15 is 0 Å². The number of likely N-dealkylation sites (tertiary alicyclic amines) is 1. The van der Waals surface area contributed by atoms with Crippen LogP contribution in [0.4, 0.5) is 0 Å². The smallest absolute Gasteiger partial charge is 0.310 e. The third kappa shape index (κ3) is 4.34. The number of carboxylic acid groups (broad SMARTS) is 1. The van der Waals surface area contributed by atoms with Gasteiger partial charge in [-0.25, -0.2) is 0 Å². The minimum Gasteiger partial charge on any atom is -0.481 e. The van der Waals surface area contributed by atoms with Crippen LogP contribution in [-0.2, 0) is 14.3 Å². The van der Waals surface area contributed by atoms with Crippen LogP contribution >= 0.6 is 0 Å². The van der Waals surface area contributed by atoms with Crippen LogP contribution < -0.4 is 0 Å². The van der Waals surface area contributed by atoms with E-state index in [2.05, 4.69) is 6.92 Å². The second-order valence-corrected chi connectivity index (χ2v) is 5.47. The first kappa shape index (κ1) is 14.0. The Hall–Kier alpha value is -1.10. The molecule has 5 heteroatoms. The third-order valence-corrected chi connectivity index (χ3v) is 3.39. The molecule has 1 aliphatic heterocycles. The number of aliphatic carboxylic acids is 1. The van der Waals surface area contributed by atoms with Gasteiger partial charge in [0.05, 0.1) is 33.5 Å². The zero-order valence-electron chi connectivity index (χ0n) is 10.8. The summed E-state index contributed by atoms with van der Waals surface area (Å²) in [6.07, 6.45) is 1.65. The van der Waals surface area contributed by atoms with Gasteiger partial charge in [0, 0.05) is 6.42 Å². The molecule has 2 unspecified atom stereocenters. The molecule has 2 atom stereocenters. The Kier molecular flexibility index (Phi) is 4.51. The molecule has 0 spiro atoms. The molecule has 1 heterocycles. The molecule has 0 aromatic rings. The summed E-state index contributed by atoms with van der Waals surface area (Å²) in [6.45, 7) is 3.13. The van der Waals surface area contributed by atoms with E-state index in [0.29, 0.717) is 10.4 Å².